The fourth-order valence-electron chi connectivity index (χ4n) is 16.6. The van der Waals surface area contributed by atoms with Crippen molar-refractivity contribution in [1.82, 2.24) is 0 Å². The second kappa shape index (κ2) is 34.1. The summed E-state index contributed by atoms with van der Waals surface area (Å²) in [7, 11) is -4.14. The number of benzene rings is 8. The molecule has 510 valence electrons. The van der Waals surface area contributed by atoms with Crippen LogP contribution in [0.15, 0.2) is 194 Å². The van der Waals surface area contributed by atoms with Gasteiger partial charge in [-0.15, -0.1) is 0 Å². The van der Waals surface area contributed by atoms with Crippen LogP contribution in [-0.2, 0) is 44.8 Å². The summed E-state index contributed by atoms with van der Waals surface area (Å²) in [4.78, 5) is 20.6. The zero-order valence-electron chi connectivity index (χ0n) is 56.7. The zero-order chi connectivity index (χ0) is 62.8. The maximum Gasteiger partial charge on any atom is 0.174 e. The molecule has 8 aliphatic heterocycles. The van der Waals surface area contributed by atoms with Crippen molar-refractivity contribution in [3.8, 4) is 0 Å². The molecule has 0 amide bonds. The molecular formula is C82H104Au2N8P4+4. The second-order valence-electron chi connectivity index (χ2n) is 28.2. The summed E-state index contributed by atoms with van der Waals surface area (Å²) >= 11 is 0. The molecule has 0 N–H and O–H groups in total. The van der Waals surface area contributed by atoms with Gasteiger partial charge in [-0.1, -0.05) is 0 Å². The van der Waals surface area contributed by atoms with Crippen LogP contribution in [0.25, 0.3) is 0 Å². The number of hydrogen-bond acceptors (Lipinski definition) is 8. The molecule has 0 saturated carbocycles. The van der Waals surface area contributed by atoms with Crippen molar-refractivity contribution in [2.24, 2.45) is 0 Å². The maximum atomic E-state index is 2.57. The van der Waals surface area contributed by atoms with E-state index in [4.69, 9.17) is 0 Å². The van der Waals surface area contributed by atoms with Crippen molar-refractivity contribution >= 4 is 120 Å². The fourth-order valence-corrected chi connectivity index (χ4v) is 31.9. The number of anilines is 8. The summed E-state index contributed by atoms with van der Waals surface area (Å²) in [6.07, 6.45) is 21.1. The van der Waals surface area contributed by atoms with Gasteiger partial charge in [-0.25, -0.2) is 0 Å². The van der Waals surface area contributed by atoms with E-state index in [2.05, 4.69) is 233 Å². The van der Waals surface area contributed by atoms with Crippen molar-refractivity contribution in [3.63, 3.8) is 0 Å². The molecule has 0 atom stereocenters. The van der Waals surface area contributed by atoms with E-state index in [-0.39, 0.29) is 44.8 Å². The minimum Gasteiger partial charge on any atom is -0.372 e. The molecule has 8 saturated heterocycles. The first kappa shape index (κ1) is 69.8. The Balaban J connectivity index is 0.000000170. The van der Waals surface area contributed by atoms with Crippen molar-refractivity contribution in [2.75, 3.05) is 156 Å². The van der Waals surface area contributed by atoms with Crippen molar-refractivity contribution in [1.29, 1.82) is 0 Å². The third-order valence-corrected chi connectivity index (χ3v) is 36.1. The third-order valence-electron chi connectivity index (χ3n) is 22.2. The summed E-state index contributed by atoms with van der Waals surface area (Å²) in [6, 6.07) is 78.6. The van der Waals surface area contributed by atoms with Crippen LogP contribution in [-0.4, -0.2) is 117 Å². The first-order chi connectivity index (χ1) is 46.6. The van der Waals surface area contributed by atoms with E-state index in [1.54, 1.807) is 42.4 Å². The molecule has 14 heteroatoms. The molecule has 2 radical (unpaired) electrons. The van der Waals surface area contributed by atoms with Crippen molar-refractivity contribution in [3.05, 3.63) is 194 Å². The Kier molecular flexibility index (Phi) is 24.8. The van der Waals surface area contributed by atoms with Crippen LogP contribution in [0.4, 0.5) is 45.5 Å². The Morgan fingerprint density at radius 2 is 0.250 bits per heavy atom. The fraction of sp³-hybridized carbons (Fsp3) is 0.415. The maximum absolute atomic E-state index is 2.57. The third kappa shape index (κ3) is 16.9. The van der Waals surface area contributed by atoms with Gasteiger partial charge in [-0.2, -0.15) is 0 Å². The van der Waals surface area contributed by atoms with E-state index in [9.17, 15) is 0 Å². The predicted molar refractivity (Wildman–Crippen MR) is 423 cm³/mol. The first-order valence-corrected chi connectivity index (χ1v) is 43.7. The average Bonchev–Trinajstić information content (AvgIpc) is 1.03. The molecule has 0 aliphatic carbocycles. The van der Waals surface area contributed by atoms with Gasteiger partial charge >= 0.3 is 0 Å². The van der Waals surface area contributed by atoms with Crippen LogP contribution < -0.4 is 81.6 Å². The molecule has 8 aliphatic rings. The molecule has 96 heavy (non-hydrogen) atoms. The van der Waals surface area contributed by atoms with Gasteiger partial charge in [0.15, 0.2) is 11.8 Å². The van der Waals surface area contributed by atoms with Gasteiger partial charge < -0.3 is 39.2 Å². The molecular weight excluding hydrogens is 1610 g/mol. The molecule has 0 spiro atoms. The molecule has 8 heterocycles. The Labute approximate surface area is 612 Å². The monoisotopic (exact) mass is 1720 g/mol. The summed E-state index contributed by atoms with van der Waals surface area (Å²) in [6.45, 7) is 19.2. The van der Waals surface area contributed by atoms with Crippen LogP contribution in [0.3, 0.4) is 0 Å². The summed E-state index contributed by atoms with van der Waals surface area (Å²) in [5.74, 6) is 2.49. The molecule has 0 unspecified atom stereocenters. The van der Waals surface area contributed by atoms with Crippen LogP contribution in [0.2, 0.25) is 0 Å². The number of nitrogens with zero attached hydrogens (tertiary/aromatic N) is 8. The van der Waals surface area contributed by atoms with Gasteiger partial charge in [0.1, 0.15) is 74.1 Å². The van der Waals surface area contributed by atoms with Gasteiger partial charge in [-0.3, -0.25) is 0 Å². The second-order valence-corrected chi connectivity index (χ2v) is 39.5. The summed E-state index contributed by atoms with van der Waals surface area (Å²) < 4.78 is 0. The summed E-state index contributed by atoms with van der Waals surface area (Å²) in [5, 5.41) is 12.4. The molecule has 16 rings (SSSR count). The molecule has 8 aromatic carbocycles. The van der Waals surface area contributed by atoms with E-state index in [1.807, 2.05) is 0 Å². The van der Waals surface area contributed by atoms with E-state index >= 15 is 0 Å². The van der Waals surface area contributed by atoms with E-state index in [1.165, 1.54) is 265 Å². The minimum absolute atomic E-state index is 0. The standard InChI is InChI=1S/2C41H50N4P2.2Au/c2*1-2-26-42(25-1)34-9-17-38(18-10-34)46(39-19-11-35(12-20-39)43-27-3-4-28-43)33-47(40-21-13-36(14-22-40)44-29-5-6-30-44)41-23-15-37(16-24-41)45-31-7-8-32-45;;/h2*9-24H,1-8,25-33H2;;/p+4. The predicted octanol–water partition coefficient (Wildman–Crippen LogP) is 14.1. The first-order valence-electron chi connectivity index (χ1n) is 36.8. The van der Waals surface area contributed by atoms with Gasteiger partial charge in [0.2, 0.25) is 0 Å². The minimum atomic E-state index is -1.03. The van der Waals surface area contributed by atoms with Gasteiger partial charge in [-0.05, 0) is 297 Å². The van der Waals surface area contributed by atoms with Crippen LogP contribution in [0.1, 0.15) is 103 Å². The smallest absolute Gasteiger partial charge is 0.174 e. The van der Waals surface area contributed by atoms with Gasteiger partial charge in [0.05, 0.1) is 0 Å². The largest absolute Gasteiger partial charge is 0.372 e. The van der Waals surface area contributed by atoms with Gasteiger partial charge in [0, 0.05) is 195 Å². The van der Waals surface area contributed by atoms with E-state index < -0.39 is 31.7 Å². The average molecular weight is 1720 g/mol. The van der Waals surface area contributed by atoms with E-state index in [0.29, 0.717) is 0 Å². The molecule has 8 nitrogen and oxygen atoms in total. The SMILES string of the molecule is [Au].[Au].c1cc([PH+](C[PH+](c2ccc(N3CCCC3)cc2)c2ccc(N3CCCC3)cc2)c2ccc(N3CCCC3)cc2)ccc1N1CCCC1.c1cc([PH+](C[PH+](c2ccc(N3CCCC3)cc2)c2ccc(N3CCCC3)cc2)c2ccc(N3CCCC3)cc2)ccc1N1CCCC1. The number of hydrogen-bond donors (Lipinski definition) is 0. The Morgan fingerprint density at radius 1 is 0.156 bits per heavy atom. The molecule has 0 aromatic heterocycles. The van der Waals surface area contributed by atoms with Crippen molar-refractivity contribution < 1.29 is 44.8 Å². The van der Waals surface area contributed by atoms with Crippen molar-refractivity contribution in [2.45, 2.75) is 103 Å². The van der Waals surface area contributed by atoms with E-state index in [0.717, 1.165) is 0 Å². The molecule has 8 fully saturated rings. The Bertz CT molecular complexity index is 2910. The normalized spacial score (nSPS) is 18.0. The number of rotatable bonds is 20. The zero-order valence-corrected chi connectivity index (χ0v) is 65.0. The topological polar surface area (TPSA) is 25.9 Å². The molecule has 8 aromatic rings. The van der Waals surface area contributed by atoms with Crippen LogP contribution >= 0.6 is 31.7 Å². The van der Waals surface area contributed by atoms with Gasteiger partial charge in [0.25, 0.3) is 0 Å². The summed E-state index contributed by atoms with van der Waals surface area (Å²) in [5.41, 5.74) is 11.2. The molecule has 0 bridgehead atoms. The van der Waals surface area contributed by atoms with Crippen LogP contribution in [0.5, 0.6) is 0 Å². The van der Waals surface area contributed by atoms with Crippen LogP contribution in [0, 0.1) is 0 Å². The Morgan fingerprint density at radius 3 is 0.344 bits per heavy atom. The Hall–Kier alpha value is -4.64. The quantitative estimate of drug-likeness (QED) is 0.0550.